The average molecular weight is 276 g/mol. The lowest BCUT2D eigenvalue weighted by atomic mass is 9.93. The predicted octanol–water partition coefficient (Wildman–Crippen LogP) is 3.64. The Morgan fingerprint density at radius 3 is 2.63 bits per heavy atom. The second-order valence-electron chi connectivity index (χ2n) is 5.51. The van der Waals surface area contributed by atoms with Gasteiger partial charge in [0, 0.05) is 17.2 Å². The van der Waals surface area contributed by atoms with Crippen molar-refractivity contribution in [2.24, 2.45) is 0 Å². The molecule has 0 aliphatic rings. The summed E-state index contributed by atoms with van der Waals surface area (Å²) in [7, 11) is 0. The number of benzene rings is 1. The Hall–Kier alpha value is -1.55. The van der Waals surface area contributed by atoms with Crippen molar-refractivity contribution in [3.05, 3.63) is 40.3 Å². The van der Waals surface area contributed by atoms with Crippen LogP contribution in [0.4, 0.5) is 5.69 Å². The SMILES string of the molecule is CC(C)(C)c1csc(CCOc2ccccc2N)n1. The first-order valence-corrected chi connectivity index (χ1v) is 7.27. The molecule has 2 N–H and O–H groups in total. The van der Waals surface area contributed by atoms with Gasteiger partial charge in [0.2, 0.25) is 0 Å². The van der Waals surface area contributed by atoms with E-state index in [1.54, 1.807) is 11.3 Å². The van der Waals surface area contributed by atoms with E-state index < -0.39 is 0 Å². The van der Waals surface area contributed by atoms with E-state index in [-0.39, 0.29) is 5.41 Å². The summed E-state index contributed by atoms with van der Waals surface area (Å²) < 4.78 is 5.68. The van der Waals surface area contributed by atoms with Crippen molar-refractivity contribution >= 4 is 17.0 Å². The molecule has 3 nitrogen and oxygen atoms in total. The summed E-state index contributed by atoms with van der Waals surface area (Å²) in [6, 6.07) is 7.56. The summed E-state index contributed by atoms with van der Waals surface area (Å²) in [4.78, 5) is 4.64. The summed E-state index contributed by atoms with van der Waals surface area (Å²) in [5.41, 5.74) is 7.76. The number of thiazole rings is 1. The second kappa shape index (κ2) is 5.61. The maximum atomic E-state index is 5.82. The number of anilines is 1. The van der Waals surface area contributed by atoms with Gasteiger partial charge >= 0.3 is 0 Å². The van der Waals surface area contributed by atoms with E-state index in [0.29, 0.717) is 12.3 Å². The first kappa shape index (κ1) is 13.9. The van der Waals surface area contributed by atoms with Gasteiger partial charge in [-0.3, -0.25) is 0 Å². The molecule has 0 radical (unpaired) electrons. The van der Waals surface area contributed by atoms with E-state index in [2.05, 4.69) is 31.1 Å². The highest BCUT2D eigenvalue weighted by Crippen LogP contribution is 2.24. The minimum Gasteiger partial charge on any atom is -0.491 e. The van der Waals surface area contributed by atoms with Crippen LogP contribution in [0.2, 0.25) is 0 Å². The number of aromatic nitrogens is 1. The standard InChI is InChI=1S/C15H20N2OS/c1-15(2,3)13-10-19-14(17-13)8-9-18-12-7-5-4-6-11(12)16/h4-7,10H,8-9,16H2,1-3H3. The summed E-state index contributed by atoms with van der Waals surface area (Å²) in [5.74, 6) is 0.745. The van der Waals surface area contributed by atoms with E-state index in [4.69, 9.17) is 10.5 Å². The van der Waals surface area contributed by atoms with Gasteiger partial charge in [0.1, 0.15) is 5.75 Å². The minimum atomic E-state index is 0.111. The predicted molar refractivity (Wildman–Crippen MR) is 80.9 cm³/mol. The number of nitrogens with two attached hydrogens (primary N) is 1. The first-order valence-electron chi connectivity index (χ1n) is 6.39. The highest BCUT2D eigenvalue weighted by Gasteiger charge is 2.17. The lowest BCUT2D eigenvalue weighted by Gasteiger charge is -2.14. The number of rotatable bonds is 4. The number of hydrogen-bond donors (Lipinski definition) is 1. The van der Waals surface area contributed by atoms with Crippen molar-refractivity contribution in [3.63, 3.8) is 0 Å². The Balaban J connectivity index is 1.90. The van der Waals surface area contributed by atoms with Crippen molar-refractivity contribution in [2.75, 3.05) is 12.3 Å². The molecular formula is C15H20N2OS. The van der Waals surface area contributed by atoms with Gasteiger partial charge in [0.05, 0.1) is 23.0 Å². The van der Waals surface area contributed by atoms with E-state index >= 15 is 0 Å². The monoisotopic (exact) mass is 276 g/mol. The Labute approximate surface area is 118 Å². The quantitative estimate of drug-likeness (QED) is 0.867. The summed E-state index contributed by atoms with van der Waals surface area (Å²) in [6.07, 6.45) is 0.815. The van der Waals surface area contributed by atoms with E-state index in [9.17, 15) is 0 Å². The van der Waals surface area contributed by atoms with Crippen LogP contribution in [-0.4, -0.2) is 11.6 Å². The van der Waals surface area contributed by atoms with Crippen molar-refractivity contribution in [2.45, 2.75) is 32.6 Å². The molecule has 0 saturated carbocycles. The number of para-hydroxylation sites is 2. The number of hydrogen-bond acceptors (Lipinski definition) is 4. The lowest BCUT2D eigenvalue weighted by Crippen LogP contribution is -2.12. The molecule has 2 aromatic rings. The van der Waals surface area contributed by atoms with Crippen LogP contribution in [0.5, 0.6) is 5.75 Å². The third-order valence-electron chi connectivity index (χ3n) is 2.81. The molecule has 102 valence electrons. The van der Waals surface area contributed by atoms with Crippen LogP contribution >= 0.6 is 11.3 Å². The first-order chi connectivity index (χ1) is 8.97. The third-order valence-corrected chi connectivity index (χ3v) is 3.72. The molecule has 0 saturated heterocycles. The van der Waals surface area contributed by atoms with E-state index in [1.165, 1.54) is 0 Å². The van der Waals surface area contributed by atoms with Gasteiger partial charge in [0.15, 0.2) is 0 Å². The highest BCUT2D eigenvalue weighted by atomic mass is 32.1. The number of nitrogen functional groups attached to an aromatic ring is 1. The summed E-state index contributed by atoms with van der Waals surface area (Å²) in [5, 5.41) is 3.24. The molecule has 19 heavy (non-hydrogen) atoms. The molecule has 2 rings (SSSR count). The molecule has 0 unspecified atom stereocenters. The molecule has 0 atom stereocenters. The second-order valence-corrected chi connectivity index (χ2v) is 6.46. The van der Waals surface area contributed by atoms with Crippen LogP contribution in [0.25, 0.3) is 0 Å². The van der Waals surface area contributed by atoms with Crippen molar-refractivity contribution in [1.29, 1.82) is 0 Å². The zero-order valence-corrected chi connectivity index (χ0v) is 12.5. The van der Waals surface area contributed by atoms with E-state index in [1.807, 2.05) is 24.3 Å². The van der Waals surface area contributed by atoms with Gasteiger partial charge < -0.3 is 10.5 Å². The van der Waals surface area contributed by atoms with Gasteiger partial charge in [0.25, 0.3) is 0 Å². The molecule has 0 aliphatic carbocycles. The molecule has 0 aliphatic heterocycles. The fraction of sp³-hybridized carbons (Fsp3) is 0.400. The van der Waals surface area contributed by atoms with Crippen molar-refractivity contribution < 1.29 is 4.74 Å². The zero-order valence-electron chi connectivity index (χ0n) is 11.6. The maximum Gasteiger partial charge on any atom is 0.142 e. The molecule has 0 spiro atoms. The Morgan fingerprint density at radius 2 is 2.00 bits per heavy atom. The third kappa shape index (κ3) is 3.70. The lowest BCUT2D eigenvalue weighted by molar-refractivity contribution is 0.323. The van der Waals surface area contributed by atoms with Gasteiger partial charge in [-0.25, -0.2) is 4.98 Å². The fourth-order valence-electron chi connectivity index (χ4n) is 1.63. The maximum absolute atomic E-state index is 5.82. The molecule has 0 bridgehead atoms. The van der Waals surface area contributed by atoms with Crippen LogP contribution in [0, 0.1) is 0 Å². The van der Waals surface area contributed by atoms with Crippen LogP contribution in [0.1, 0.15) is 31.5 Å². The van der Waals surface area contributed by atoms with Crippen LogP contribution < -0.4 is 10.5 Å². The van der Waals surface area contributed by atoms with Crippen LogP contribution in [-0.2, 0) is 11.8 Å². The van der Waals surface area contributed by atoms with Crippen LogP contribution in [0.3, 0.4) is 0 Å². The molecule has 0 amide bonds. The number of nitrogens with zero attached hydrogens (tertiary/aromatic N) is 1. The Bertz CT molecular complexity index is 543. The van der Waals surface area contributed by atoms with Crippen molar-refractivity contribution in [3.8, 4) is 5.75 Å². The molecule has 4 heteroatoms. The Morgan fingerprint density at radius 1 is 1.26 bits per heavy atom. The van der Waals surface area contributed by atoms with Gasteiger partial charge in [-0.15, -0.1) is 11.3 Å². The van der Waals surface area contributed by atoms with Gasteiger partial charge in [-0.05, 0) is 12.1 Å². The van der Waals surface area contributed by atoms with Gasteiger partial charge in [-0.1, -0.05) is 32.9 Å². The topological polar surface area (TPSA) is 48.1 Å². The van der Waals surface area contributed by atoms with Gasteiger partial charge in [-0.2, -0.15) is 0 Å². The zero-order chi connectivity index (χ0) is 13.9. The normalized spacial score (nSPS) is 11.5. The smallest absolute Gasteiger partial charge is 0.142 e. The van der Waals surface area contributed by atoms with Crippen LogP contribution in [0.15, 0.2) is 29.6 Å². The molecular weight excluding hydrogens is 256 g/mol. The minimum absolute atomic E-state index is 0.111. The van der Waals surface area contributed by atoms with E-state index in [0.717, 1.165) is 22.9 Å². The average Bonchev–Trinajstić information content (AvgIpc) is 2.80. The summed E-state index contributed by atoms with van der Waals surface area (Å²) in [6.45, 7) is 7.12. The molecule has 1 heterocycles. The highest BCUT2D eigenvalue weighted by molar-refractivity contribution is 7.09. The Kier molecular flexibility index (Phi) is 4.10. The molecule has 0 fully saturated rings. The van der Waals surface area contributed by atoms with Crippen molar-refractivity contribution in [1.82, 2.24) is 4.98 Å². The molecule has 1 aromatic heterocycles. The largest absolute Gasteiger partial charge is 0.491 e. The number of ether oxygens (including phenoxy) is 1. The fourth-order valence-corrected chi connectivity index (χ4v) is 2.64. The summed E-state index contributed by atoms with van der Waals surface area (Å²) >= 11 is 1.69. The molecule has 1 aromatic carbocycles.